The third-order valence-corrected chi connectivity index (χ3v) is 3.02. The summed E-state index contributed by atoms with van der Waals surface area (Å²) in [5, 5.41) is 11.1. The topological polar surface area (TPSA) is 79.3 Å². The number of anilines is 1. The van der Waals surface area contributed by atoms with E-state index in [1.54, 1.807) is 0 Å². The monoisotopic (exact) mass is 338 g/mol. The molecule has 0 unspecified atom stereocenters. The molecule has 1 heterocycles. The van der Waals surface area contributed by atoms with Gasteiger partial charge in [0.25, 0.3) is 5.91 Å². The summed E-state index contributed by atoms with van der Waals surface area (Å²) < 4.78 is 13.9. The summed E-state index contributed by atoms with van der Waals surface area (Å²) in [4.78, 5) is 26.4. The van der Waals surface area contributed by atoms with Gasteiger partial charge in [0, 0.05) is 0 Å². The highest BCUT2D eigenvalue weighted by atomic mass is 79.9. The zero-order valence-electron chi connectivity index (χ0n) is 9.93. The fourth-order valence-corrected chi connectivity index (χ4v) is 1.85. The average Bonchev–Trinajstić information content (AvgIpc) is 2.42. The van der Waals surface area contributed by atoms with Crippen molar-refractivity contribution in [3.63, 3.8) is 0 Å². The average molecular weight is 339 g/mol. The van der Waals surface area contributed by atoms with Crippen LogP contribution in [0.5, 0.6) is 0 Å². The van der Waals surface area contributed by atoms with Gasteiger partial charge in [-0.05, 0) is 40.2 Å². The zero-order chi connectivity index (χ0) is 14.7. The molecular formula is C13H8BrFN2O3. The first kappa shape index (κ1) is 14.1. The number of carbonyl (C=O) groups is 2. The van der Waals surface area contributed by atoms with Gasteiger partial charge in [-0.2, -0.15) is 0 Å². The van der Waals surface area contributed by atoms with Crippen LogP contribution in [0.4, 0.5) is 10.2 Å². The van der Waals surface area contributed by atoms with Gasteiger partial charge in [0.05, 0.1) is 10.0 Å². The zero-order valence-corrected chi connectivity index (χ0v) is 11.5. The van der Waals surface area contributed by atoms with Crippen molar-refractivity contribution in [3.05, 3.63) is 57.9 Å². The van der Waals surface area contributed by atoms with Gasteiger partial charge < -0.3 is 10.4 Å². The molecule has 2 N–H and O–H groups in total. The molecule has 7 heteroatoms. The lowest BCUT2D eigenvalue weighted by Gasteiger charge is -2.06. The Labute approximate surface area is 121 Å². The Morgan fingerprint density at radius 3 is 2.60 bits per heavy atom. The number of rotatable bonds is 3. The van der Waals surface area contributed by atoms with Gasteiger partial charge in [0.1, 0.15) is 11.6 Å². The molecule has 0 atom stereocenters. The van der Waals surface area contributed by atoms with Crippen molar-refractivity contribution in [2.75, 3.05) is 5.32 Å². The van der Waals surface area contributed by atoms with Crippen LogP contribution in [0.15, 0.2) is 40.9 Å². The number of hydrogen-bond acceptors (Lipinski definition) is 3. The number of halogens is 2. The summed E-state index contributed by atoms with van der Waals surface area (Å²) in [6.45, 7) is 0. The standard InChI is InChI=1S/C13H8BrFN2O3/c14-8-4-1-3-7(11(8)15)12(18)17-10-6-2-5-9(16-10)13(19)20/h1-6H,(H,19,20)(H,16,17,18). The van der Waals surface area contributed by atoms with Crippen LogP contribution < -0.4 is 5.32 Å². The smallest absolute Gasteiger partial charge is 0.354 e. The Kier molecular flexibility index (Phi) is 4.09. The normalized spacial score (nSPS) is 10.1. The van der Waals surface area contributed by atoms with Gasteiger partial charge in [0.15, 0.2) is 5.69 Å². The van der Waals surface area contributed by atoms with Gasteiger partial charge >= 0.3 is 5.97 Å². The lowest BCUT2D eigenvalue weighted by Crippen LogP contribution is -2.15. The lowest BCUT2D eigenvalue weighted by atomic mass is 10.2. The number of pyridine rings is 1. The van der Waals surface area contributed by atoms with Gasteiger partial charge in [-0.1, -0.05) is 12.1 Å². The van der Waals surface area contributed by atoms with E-state index in [4.69, 9.17) is 5.11 Å². The minimum Gasteiger partial charge on any atom is -0.477 e. The van der Waals surface area contributed by atoms with E-state index in [2.05, 4.69) is 26.2 Å². The molecule has 0 aliphatic rings. The summed E-state index contributed by atoms with van der Waals surface area (Å²) >= 11 is 2.98. The molecule has 0 aliphatic carbocycles. The van der Waals surface area contributed by atoms with E-state index in [1.165, 1.54) is 36.4 Å². The van der Waals surface area contributed by atoms with Crippen LogP contribution in [0.1, 0.15) is 20.8 Å². The molecule has 0 saturated heterocycles. The van der Waals surface area contributed by atoms with Crippen LogP contribution in [0, 0.1) is 5.82 Å². The van der Waals surface area contributed by atoms with Crippen LogP contribution in [-0.2, 0) is 0 Å². The molecule has 1 amide bonds. The van der Waals surface area contributed by atoms with E-state index < -0.39 is 17.7 Å². The molecular weight excluding hydrogens is 331 g/mol. The van der Waals surface area contributed by atoms with Crippen molar-refractivity contribution in [2.24, 2.45) is 0 Å². The third kappa shape index (κ3) is 3.00. The highest BCUT2D eigenvalue weighted by molar-refractivity contribution is 9.10. The Morgan fingerprint density at radius 2 is 1.90 bits per heavy atom. The molecule has 0 spiro atoms. The first-order valence-corrected chi connectivity index (χ1v) is 6.24. The number of hydrogen-bond donors (Lipinski definition) is 2. The van der Waals surface area contributed by atoms with E-state index in [9.17, 15) is 14.0 Å². The van der Waals surface area contributed by atoms with Crippen LogP contribution in [0.3, 0.4) is 0 Å². The molecule has 0 radical (unpaired) electrons. The van der Waals surface area contributed by atoms with Crippen molar-refractivity contribution in [1.82, 2.24) is 4.98 Å². The molecule has 0 aliphatic heterocycles. The van der Waals surface area contributed by atoms with Gasteiger partial charge in [0.2, 0.25) is 0 Å². The minimum atomic E-state index is -1.21. The van der Waals surface area contributed by atoms with Crippen LogP contribution >= 0.6 is 15.9 Å². The number of nitrogens with one attached hydrogen (secondary N) is 1. The van der Waals surface area contributed by atoms with E-state index >= 15 is 0 Å². The Morgan fingerprint density at radius 1 is 1.20 bits per heavy atom. The summed E-state index contributed by atoms with van der Waals surface area (Å²) in [6, 6.07) is 8.44. The summed E-state index contributed by atoms with van der Waals surface area (Å²) in [5.74, 6) is -2.58. The van der Waals surface area contributed by atoms with Crippen molar-refractivity contribution < 1.29 is 19.1 Å². The van der Waals surface area contributed by atoms with E-state index in [0.29, 0.717) is 0 Å². The number of aromatic nitrogens is 1. The van der Waals surface area contributed by atoms with Crippen LogP contribution in [-0.4, -0.2) is 22.0 Å². The second-order valence-corrected chi connectivity index (χ2v) is 4.62. The Hall–Kier alpha value is -2.28. The van der Waals surface area contributed by atoms with Crippen molar-refractivity contribution in [3.8, 4) is 0 Å². The van der Waals surface area contributed by atoms with Gasteiger partial charge in [-0.25, -0.2) is 14.2 Å². The Bertz CT molecular complexity index is 691. The largest absolute Gasteiger partial charge is 0.477 e. The first-order valence-electron chi connectivity index (χ1n) is 5.45. The molecule has 102 valence electrons. The number of nitrogens with zero attached hydrogens (tertiary/aromatic N) is 1. The van der Waals surface area contributed by atoms with E-state index in [0.717, 1.165) is 0 Å². The summed E-state index contributed by atoms with van der Waals surface area (Å²) in [5.41, 5.74) is -0.376. The highest BCUT2D eigenvalue weighted by Crippen LogP contribution is 2.19. The van der Waals surface area contributed by atoms with Crippen LogP contribution in [0.25, 0.3) is 0 Å². The lowest BCUT2D eigenvalue weighted by molar-refractivity contribution is 0.0690. The number of carboxylic acids is 1. The summed E-state index contributed by atoms with van der Waals surface area (Å²) in [6.07, 6.45) is 0. The second-order valence-electron chi connectivity index (χ2n) is 3.77. The molecule has 20 heavy (non-hydrogen) atoms. The molecule has 0 fully saturated rings. The first-order chi connectivity index (χ1) is 9.49. The number of amides is 1. The molecule has 2 rings (SSSR count). The maximum absolute atomic E-state index is 13.7. The minimum absolute atomic E-state index is 0.0364. The van der Waals surface area contributed by atoms with E-state index in [1.807, 2.05) is 0 Å². The SMILES string of the molecule is O=C(O)c1cccc(NC(=O)c2cccc(Br)c2F)n1. The van der Waals surface area contributed by atoms with Crippen LogP contribution in [0.2, 0.25) is 0 Å². The molecule has 1 aromatic carbocycles. The van der Waals surface area contributed by atoms with Crippen molar-refractivity contribution in [2.45, 2.75) is 0 Å². The number of carbonyl (C=O) groups excluding carboxylic acids is 1. The maximum Gasteiger partial charge on any atom is 0.354 e. The fourth-order valence-electron chi connectivity index (χ4n) is 1.49. The third-order valence-electron chi connectivity index (χ3n) is 2.41. The van der Waals surface area contributed by atoms with Crippen molar-refractivity contribution in [1.29, 1.82) is 0 Å². The number of carboxylic acid groups (broad SMARTS) is 1. The van der Waals surface area contributed by atoms with Crippen molar-refractivity contribution >= 4 is 33.6 Å². The number of aromatic carboxylic acids is 1. The van der Waals surface area contributed by atoms with Gasteiger partial charge in [-0.3, -0.25) is 4.79 Å². The quantitative estimate of drug-likeness (QED) is 0.901. The predicted octanol–water partition coefficient (Wildman–Crippen LogP) is 2.93. The molecule has 0 bridgehead atoms. The maximum atomic E-state index is 13.7. The molecule has 2 aromatic rings. The van der Waals surface area contributed by atoms with E-state index in [-0.39, 0.29) is 21.5 Å². The predicted molar refractivity (Wildman–Crippen MR) is 73.2 cm³/mol. The highest BCUT2D eigenvalue weighted by Gasteiger charge is 2.15. The second kappa shape index (κ2) is 5.79. The Balaban J connectivity index is 2.26. The van der Waals surface area contributed by atoms with Gasteiger partial charge in [-0.15, -0.1) is 0 Å². The molecule has 5 nitrogen and oxygen atoms in total. The molecule has 0 saturated carbocycles. The molecule has 1 aromatic heterocycles. The summed E-state index contributed by atoms with van der Waals surface area (Å²) in [7, 11) is 0. The fraction of sp³-hybridized carbons (Fsp3) is 0. The number of benzene rings is 1.